The lowest BCUT2D eigenvalue weighted by Crippen LogP contribution is -2.49. The molecular formula is C23H31N5O2. The summed E-state index contributed by atoms with van der Waals surface area (Å²) in [5, 5.41) is 0. The zero-order chi connectivity index (χ0) is 21.3. The lowest BCUT2D eigenvalue weighted by molar-refractivity contribution is -0.133. The number of hydrogen-bond acceptors (Lipinski definition) is 5. The first kappa shape index (κ1) is 21.9. The molecule has 0 unspecified atom stereocenters. The van der Waals surface area contributed by atoms with Crippen molar-refractivity contribution in [3.63, 3.8) is 0 Å². The minimum absolute atomic E-state index is 0.0371. The molecule has 30 heavy (non-hydrogen) atoms. The number of nitrogens with zero attached hydrogens (tertiary/aromatic N) is 5. The van der Waals surface area contributed by atoms with Crippen molar-refractivity contribution in [2.24, 2.45) is 0 Å². The molecule has 0 saturated carbocycles. The van der Waals surface area contributed by atoms with Crippen LogP contribution in [0.25, 0.3) is 0 Å². The van der Waals surface area contributed by atoms with Crippen LogP contribution < -0.4 is 0 Å². The van der Waals surface area contributed by atoms with E-state index in [9.17, 15) is 9.59 Å². The normalized spacial score (nSPS) is 15.6. The number of aromatic nitrogens is 2. The van der Waals surface area contributed by atoms with Crippen LogP contribution in [0.2, 0.25) is 0 Å². The average molecular weight is 410 g/mol. The van der Waals surface area contributed by atoms with E-state index < -0.39 is 0 Å². The van der Waals surface area contributed by atoms with Crippen molar-refractivity contribution in [2.75, 3.05) is 32.7 Å². The Hall–Kier alpha value is -2.80. The van der Waals surface area contributed by atoms with Crippen LogP contribution in [0.3, 0.4) is 0 Å². The molecule has 2 amide bonds. The fraction of sp³-hybridized carbons (Fsp3) is 0.478. The molecule has 1 atom stereocenters. The Kier molecular flexibility index (Phi) is 7.90. The van der Waals surface area contributed by atoms with Gasteiger partial charge in [0.25, 0.3) is 5.91 Å². The number of rotatable bonds is 8. The number of hydrogen-bond donors (Lipinski definition) is 0. The number of piperazine rings is 1. The zero-order valence-electron chi connectivity index (χ0n) is 17.9. The van der Waals surface area contributed by atoms with Gasteiger partial charge in [-0.05, 0) is 18.9 Å². The smallest absolute Gasteiger partial charge is 0.274 e. The predicted molar refractivity (Wildman–Crippen MR) is 116 cm³/mol. The van der Waals surface area contributed by atoms with Crippen molar-refractivity contribution >= 4 is 11.8 Å². The minimum atomic E-state index is -0.169. The third kappa shape index (κ3) is 5.86. The second kappa shape index (κ2) is 10.8. The van der Waals surface area contributed by atoms with Crippen molar-refractivity contribution in [2.45, 2.75) is 39.3 Å². The van der Waals surface area contributed by atoms with Crippen LogP contribution in [0.15, 0.2) is 48.9 Å². The van der Waals surface area contributed by atoms with Crippen LogP contribution in [0.1, 0.15) is 42.7 Å². The first-order valence-corrected chi connectivity index (χ1v) is 10.7. The third-order valence-corrected chi connectivity index (χ3v) is 5.71. The van der Waals surface area contributed by atoms with Gasteiger partial charge in [-0.3, -0.25) is 19.5 Å². The van der Waals surface area contributed by atoms with E-state index in [0.717, 1.165) is 39.1 Å². The van der Waals surface area contributed by atoms with Gasteiger partial charge in [0, 0.05) is 64.1 Å². The lowest BCUT2D eigenvalue weighted by Gasteiger charge is -2.35. The fourth-order valence-corrected chi connectivity index (χ4v) is 3.67. The highest BCUT2D eigenvalue weighted by molar-refractivity contribution is 5.92. The summed E-state index contributed by atoms with van der Waals surface area (Å²) in [6, 6.07) is 10.4. The van der Waals surface area contributed by atoms with Gasteiger partial charge in [0.15, 0.2) is 0 Å². The highest BCUT2D eigenvalue weighted by atomic mass is 16.2. The average Bonchev–Trinajstić information content (AvgIpc) is 2.80. The summed E-state index contributed by atoms with van der Waals surface area (Å²) in [6.07, 6.45) is 5.69. The maximum atomic E-state index is 12.8. The molecule has 1 saturated heterocycles. The quantitative estimate of drug-likeness (QED) is 0.670. The van der Waals surface area contributed by atoms with Crippen molar-refractivity contribution in [3.8, 4) is 0 Å². The van der Waals surface area contributed by atoms with Crippen LogP contribution in [0.4, 0.5) is 0 Å². The van der Waals surface area contributed by atoms with Gasteiger partial charge >= 0.3 is 0 Å². The molecule has 1 aromatic heterocycles. The van der Waals surface area contributed by atoms with Crippen molar-refractivity contribution in [3.05, 3.63) is 60.2 Å². The molecule has 0 spiro atoms. The van der Waals surface area contributed by atoms with E-state index in [4.69, 9.17) is 0 Å². The molecule has 0 radical (unpaired) electrons. The summed E-state index contributed by atoms with van der Waals surface area (Å²) in [7, 11) is 0. The fourth-order valence-electron chi connectivity index (χ4n) is 3.67. The molecule has 0 aliphatic carbocycles. The van der Waals surface area contributed by atoms with E-state index in [0.29, 0.717) is 18.7 Å². The minimum Gasteiger partial charge on any atom is -0.340 e. The van der Waals surface area contributed by atoms with E-state index in [-0.39, 0.29) is 17.9 Å². The molecule has 1 aliphatic rings. The Morgan fingerprint density at radius 3 is 2.47 bits per heavy atom. The summed E-state index contributed by atoms with van der Waals surface area (Å²) >= 11 is 0. The van der Waals surface area contributed by atoms with E-state index in [1.54, 1.807) is 11.1 Å². The summed E-state index contributed by atoms with van der Waals surface area (Å²) in [6.45, 7) is 8.55. The SMILES string of the molecule is CC[C@H](C)N(CCC(=O)N1CCN(Cc2ccccc2)CC1)C(=O)c1cnccn1. The van der Waals surface area contributed by atoms with Gasteiger partial charge in [0.05, 0.1) is 6.20 Å². The molecule has 1 aromatic carbocycles. The van der Waals surface area contributed by atoms with Crippen LogP contribution in [-0.4, -0.2) is 75.2 Å². The molecule has 1 fully saturated rings. The zero-order valence-corrected chi connectivity index (χ0v) is 17.9. The van der Waals surface area contributed by atoms with Crippen LogP contribution >= 0.6 is 0 Å². The number of carbonyl (C=O) groups excluding carboxylic acids is 2. The molecule has 0 N–H and O–H groups in total. The molecule has 1 aliphatic heterocycles. The van der Waals surface area contributed by atoms with Crippen molar-refractivity contribution < 1.29 is 9.59 Å². The summed E-state index contributed by atoms with van der Waals surface area (Å²) in [5.41, 5.74) is 1.61. The number of benzene rings is 1. The van der Waals surface area contributed by atoms with Crippen molar-refractivity contribution in [1.82, 2.24) is 24.7 Å². The van der Waals surface area contributed by atoms with Crippen LogP contribution in [-0.2, 0) is 11.3 Å². The monoisotopic (exact) mass is 409 g/mol. The standard InChI is InChI=1S/C23H31N5O2/c1-3-19(2)28(23(30)21-17-24-10-11-25-21)12-9-22(29)27-15-13-26(14-16-27)18-20-7-5-4-6-8-20/h4-8,10-11,17,19H,3,9,12-16,18H2,1-2H3/t19-/m0/s1. The maximum Gasteiger partial charge on any atom is 0.274 e. The van der Waals surface area contributed by atoms with Gasteiger partial charge < -0.3 is 9.80 Å². The lowest BCUT2D eigenvalue weighted by atomic mass is 10.1. The molecule has 7 nitrogen and oxygen atoms in total. The molecule has 0 bridgehead atoms. The van der Waals surface area contributed by atoms with Crippen molar-refractivity contribution in [1.29, 1.82) is 0 Å². The van der Waals surface area contributed by atoms with E-state index in [1.807, 2.05) is 24.8 Å². The number of carbonyl (C=O) groups is 2. The second-order valence-electron chi connectivity index (χ2n) is 7.74. The van der Waals surface area contributed by atoms with Crippen LogP contribution in [0, 0.1) is 0 Å². The molecule has 3 rings (SSSR count). The van der Waals surface area contributed by atoms with Gasteiger partial charge in [-0.15, -0.1) is 0 Å². The third-order valence-electron chi connectivity index (χ3n) is 5.71. The summed E-state index contributed by atoms with van der Waals surface area (Å²) < 4.78 is 0. The Balaban J connectivity index is 1.50. The first-order chi connectivity index (χ1) is 14.6. The van der Waals surface area contributed by atoms with E-state index >= 15 is 0 Å². The van der Waals surface area contributed by atoms with E-state index in [1.165, 1.54) is 18.0 Å². The molecule has 2 heterocycles. The predicted octanol–water partition coefficient (Wildman–Crippen LogP) is 2.45. The molecule has 160 valence electrons. The van der Waals surface area contributed by atoms with Gasteiger partial charge in [-0.25, -0.2) is 4.98 Å². The van der Waals surface area contributed by atoms with Gasteiger partial charge in [0.1, 0.15) is 5.69 Å². The summed E-state index contributed by atoms with van der Waals surface area (Å²) in [5.74, 6) is -0.0625. The largest absolute Gasteiger partial charge is 0.340 e. The highest BCUT2D eigenvalue weighted by Crippen LogP contribution is 2.12. The Labute approximate surface area is 178 Å². The summed E-state index contributed by atoms with van der Waals surface area (Å²) in [4.78, 5) is 39.8. The Bertz CT molecular complexity index is 807. The van der Waals surface area contributed by atoms with Gasteiger partial charge in [-0.2, -0.15) is 0 Å². The molecule has 7 heteroatoms. The Morgan fingerprint density at radius 2 is 1.83 bits per heavy atom. The topological polar surface area (TPSA) is 69.6 Å². The highest BCUT2D eigenvalue weighted by Gasteiger charge is 2.25. The molecular weight excluding hydrogens is 378 g/mol. The number of amides is 2. The van der Waals surface area contributed by atoms with Crippen LogP contribution in [0.5, 0.6) is 0 Å². The van der Waals surface area contributed by atoms with Gasteiger partial charge in [-0.1, -0.05) is 37.3 Å². The second-order valence-corrected chi connectivity index (χ2v) is 7.74. The molecule has 2 aromatic rings. The maximum absolute atomic E-state index is 12.8. The van der Waals surface area contributed by atoms with Gasteiger partial charge in [0.2, 0.25) is 5.91 Å². The first-order valence-electron chi connectivity index (χ1n) is 10.7. The van der Waals surface area contributed by atoms with E-state index in [2.05, 4.69) is 39.1 Å². The Morgan fingerprint density at radius 1 is 1.10 bits per heavy atom.